The molecule has 1 atom stereocenters. The molecule has 0 saturated heterocycles. The second kappa shape index (κ2) is 5.66. The van der Waals surface area contributed by atoms with Crippen LogP contribution in [0.4, 0.5) is 0 Å². The molecule has 0 amide bonds. The molecule has 4 heteroatoms. The number of aromatic nitrogens is 2. The van der Waals surface area contributed by atoms with E-state index >= 15 is 0 Å². The summed E-state index contributed by atoms with van der Waals surface area (Å²) in [4.78, 5) is 18.4. The SMILES string of the molecule is CCCC(OC)c1nc(CC)cc(=O)[nH]1. The van der Waals surface area contributed by atoms with Gasteiger partial charge in [0.1, 0.15) is 11.9 Å². The molecule has 1 heterocycles. The number of hydrogen-bond donors (Lipinski definition) is 1. The molecule has 0 bridgehead atoms. The first-order valence-corrected chi connectivity index (χ1v) is 5.34. The van der Waals surface area contributed by atoms with E-state index in [9.17, 15) is 4.79 Å². The van der Waals surface area contributed by atoms with Crippen molar-refractivity contribution in [3.05, 3.63) is 27.9 Å². The number of aryl methyl sites for hydroxylation is 1. The van der Waals surface area contributed by atoms with Crippen molar-refractivity contribution in [1.29, 1.82) is 0 Å². The fraction of sp³-hybridized carbons (Fsp3) is 0.636. The average Bonchev–Trinajstić information content (AvgIpc) is 2.24. The predicted molar refractivity (Wildman–Crippen MR) is 58.9 cm³/mol. The zero-order valence-electron chi connectivity index (χ0n) is 9.54. The van der Waals surface area contributed by atoms with Crippen LogP contribution in [0.5, 0.6) is 0 Å². The first-order valence-electron chi connectivity index (χ1n) is 5.34. The molecule has 1 N–H and O–H groups in total. The molecule has 0 aromatic carbocycles. The van der Waals surface area contributed by atoms with Crippen molar-refractivity contribution in [3.63, 3.8) is 0 Å². The van der Waals surface area contributed by atoms with E-state index in [2.05, 4.69) is 16.9 Å². The number of ether oxygens (including phenoxy) is 1. The topological polar surface area (TPSA) is 55.0 Å². The van der Waals surface area contributed by atoms with Gasteiger partial charge in [-0.3, -0.25) is 4.79 Å². The predicted octanol–water partition coefficient (Wildman–Crippen LogP) is 1.82. The number of nitrogens with zero attached hydrogens (tertiary/aromatic N) is 1. The molecule has 1 aromatic rings. The molecule has 15 heavy (non-hydrogen) atoms. The van der Waals surface area contributed by atoms with Crippen molar-refractivity contribution in [1.82, 2.24) is 9.97 Å². The van der Waals surface area contributed by atoms with Crippen LogP contribution in [0, 0.1) is 0 Å². The van der Waals surface area contributed by atoms with E-state index < -0.39 is 0 Å². The van der Waals surface area contributed by atoms with Gasteiger partial charge in [0.05, 0.1) is 0 Å². The van der Waals surface area contributed by atoms with E-state index in [1.165, 1.54) is 6.07 Å². The minimum atomic E-state index is -0.103. The maximum atomic E-state index is 11.3. The first-order chi connectivity index (χ1) is 7.21. The Bertz CT molecular complexity index is 360. The monoisotopic (exact) mass is 210 g/mol. The maximum absolute atomic E-state index is 11.3. The van der Waals surface area contributed by atoms with E-state index in [1.807, 2.05) is 6.92 Å². The summed E-state index contributed by atoms with van der Waals surface area (Å²) in [6.45, 7) is 4.06. The Morgan fingerprint density at radius 3 is 2.80 bits per heavy atom. The molecule has 0 radical (unpaired) electrons. The normalized spacial score (nSPS) is 12.7. The standard InChI is InChI=1S/C11H18N2O2/c1-4-6-9(15-3)11-12-8(5-2)7-10(14)13-11/h7,9H,4-6H2,1-3H3,(H,12,13,14). The summed E-state index contributed by atoms with van der Waals surface area (Å²) in [5, 5.41) is 0. The van der Waals surface area contributed by atoms with Gasteiger partial charge in [-0.15, -0.1) is 0 Å². The van der Waals surface area contributed by atoms with Gasteiger partial charge in [0.25, 0.3) is 5.56 Å². The third-order valence-corrected chi connectivity index (χ3v) is 2.32. The van der Waals surface area contributed by atoms with Gasteiger partial charge >= 0.3 is 0 Å². The Morgan fingerprint density at radius 1 is 1.53 bits per heavy atom. The molecule has 0 spiro atoms. The van der Waals surface area contributed by atoms with Crippen LogP contribution in [-0.2, 0) is 11.2 Å². The molecule has 1 rings (SSSR count). The van der Waals surface area contributed by atoms with Crippen molar-refractivity contribution < 1.29 is 4.74 Å². The summed E-state index contributed by atoms with van der Waals surface area (Å²) in [5.74, 6) is 0.642. The number of aromatic amines is 1. The fourth-order valence-corrected chi connectivity index (χ4v) is 1.49. The lowest BCUT2D eigenvalue weighted by Gasteiger charge is -2.13. The summed E-state index contributed by atoms with van der Waals surface area (Å²) in [5.41, 5.74) is 0.710. The summed E-state index contributed by atoms with van der Waals surface area (Å²) in [6.07, 6.45) is 2.53. The molecular formula is C11H18N2O2. The molecule has 1 aromatic heterocycles. The molecule has 1 unspecified atom stereocenters. The Balaban J connectivity index is 3.00. The van der Waals surface area contributed by atoms with Gasteiger partial charge in [-0.05, 0) is 12.8 Å². The van der Waals surface area contributed by atoms with Gasteiger partial charge in [-0.25, -0.2) is 4.98 Å². The highest BCUT2D eigenvalue weighted by Crippen LogP contribution is 2.17. The van der Waals surface area contributed by atoms with Crippen molar-refractivity contribution in [2.45, 2.75) is 39.2 Å². The van der Waals surface area contributed by atoms with Crippen molar-refractivity contribution in [2.75, 3.05) is 7.11 Å². The van der Waals surface area contributed by atoms with E-state index in [4.69, 9.17) is 4.74 Å². The van der Waals surface area contributed by atoms with E-state index in [0.29, 0.717) is 5.82 Å². The second-order valence-corrected chi connectivity index (χ2v) is 3.49. The van der Waals surface area contributed by atoms with Crippen LogP contribution in [0.25, 0.3) is 0 Å². The highest BCUT2D eigenvalue weighted by Gasteiger charge is 2.12. The molecule has 4 nitrogen and oxygen atoms in total. The summed E-state index contributed by atoms with van der Waals surface area (Å²) in [7, 11) is 1.64. The average molecular weight is 210 g/mol. The first kappa shape index (κ1) is 11.9. The van der Waals surface area contributed by atoms with Crippen molar-refractivity contribution in [3.8, 4) is 0 Å². The van der Waals surface area contributed by atoms with Crippen LogP contribution in [0.3, 0.4) is 0 Å². The van der Waals surface area contributed by atoms with Crippen LogP contribution < -0.4 is 5.56 Å². The molecule has 0 fully saturated rings. The summed E-state index contributed by atoms with van der Waals surface area (Å²) >= 11 is 0. The van der Waals surface area contributed by atoms with Gasteiger partial charge in [0, 0.05) is 18.9 Å². The van der Waals surface area contributed by atoms with Crippen LogP contribution in [0.2, 0.25) is 0 Å². The molecule has 0 aliphatic carbocycles. The highest BCUT2D eigenvalue weighted by atomic mass is 16.5. The number of rotatable bonds is 5. The van der Waals surface area contributed by atoms with Gasteiger partial charge in [0.15, 0.2) is 0 Å². The summed E-state index contributed by atoms with van der Waals surface area (Å²) in [6, 6.07) is 1.53. The van der Waals surface area contributed by atoms with Crippen LogP contribution >= 0.6 is 0 Å². The van der Waals surface area contributed by atoms with Crippen LogP contribution in [0.1, 0.15) is 44.3 Å². The molecular weight excluding hydrogens is 192 g/mol. The number of H-pyrrole nitrogens is 1. The number of hydrogen-bond acceptors (Lipinski definition) is 3. The molecule has 0 aliphatic heterocycles. The molecule has 84 valence electrons. The quantitative estimate of drug-likeness (QED) is 0.806. The molecule has 0 saturated carbocycles. The summed E-state index contributed by atoms with van der Waals surface area (Å²) < 4.78 is 5.30. The van der Waals surface area contributed by atoms with Crippen LogP contribution in [0.15, 0.2) is 10.9 Å². The largest absolute Gasteiger partial charge is 0.374 e. The van der Waals surface area contributed by atoms with Crippen LogP contribution in [-0.4, -0.2) is 17.1 Å². The maximum Gasteiger partial charge on any atom is 0.251 e. The van der Waals surface area contributed by atoms with Gasteiger partial charge in [0.2, 0.25) is 0 Å². The minimum Gasteiger partial charge on any atom is -0.374 e. The van der Waals surface area contributed by atoms with Gasteiger partial charge in [-0.2, -0.15) is 0 Å². The van der Waals surface area contributed by atoms with Gasteiger partial charge in [-0.1, -0.05) is 20.3 Å². The van der Waals surface area contributed by atoms with Gasteiger partial charge < -0.3 is 9.72 Å². The van der Waals surface area contributed by atoms with E-state index in [-0.39, 0.29) is 11.7 Å². The zero-order chi connectivity index (χ0) is 11.3. The van der Waals surface area contributed by atoms with Crippen molar-refractivity contribution >= 4 is 0 Å². The third-order valence-electron chi connectivity index (χ3n) is 2.32. The number of methoxy groups -OCH3 is 1. The lowest BCUT2D eigenvalue weighted by molar-refractivity contribution is 0.0872. The van der Waals surface area contributed by atoms with E-state index in [0.717, 1.165) is 25.0 Å². The molecule has 0 aliphatic rings. The Hall–Kier alpha value is -1.16. The third kappa shape index (κ3) is 3.16. The van der Waals surface area contributed by atoms with Crippen molar-refractivity contribution in [2.24, 2.45) is 0 Å². The fourth-order valence-electron chi connectivity index (χ4n) is 1.49. The Morgan fingerprint density at radius 2 is 2.27 bits per heavy atom. The zero-order valence-corrected chi connectivity index (χ0v) is 9.54. The second-order valence-electron chi connectivity index (χ2n) is 3.49. The lowest BCUT2D eigenvalue weighted by atomic mass is 10.2. The lowest BCUT2D eigenvalue weighted by Crippen LogP contribution is -2.16. The Kier molecular flexibility index (Phi) is 4.49. The minimum absolute atomic E-state index is 0.102. The number of nitrogens with one attached hydrogen (secondary N) is 1. The smallest absolute Gasteiger partial charge is 0.251 e. The Labute approximate surface area is 89.7 Å². The van der Waals surface area contributed by atoms with E-state index in [1.54, 1.807) is 7.11 Å². The highest BCUT2D eigenvalue weighted by molar-refractivity contribution is 5.04.